The number of ether oxygens (including phenoxy) is 2. The molecule has 6 heteroatoms. The third-order valence-corrected chi connectivity index (χ3v) is 4.34. The number of halogens is 1. The SMILES string of the molecule is O=C(Nc1ccc2c(c1)OCCCO2)c1csc(Br)c1. The number of anilines is 1. The number of hydrogen-bond donors (Lipinski definition) is 1. The fourth-order valence-corrected chi connectivity index (χ4v) is 3.01. The van der Waals surface area contributed by atoms with E-state index in [-0.39, 0.29) is 5.91 Å². The molecule has 1 aliphatic rings. The zero-order chi connectivity index (χ0) is 13.9. The molecular weight excluding hydrogens is 342 g/mol. The normalized spacial score (nSPS) is 13.7. The van der Waals surface area contributed by atoms with E-state index in [2.05, 4.69) is 21.2 Å². The fraction of sp³-hybridized carbons (Fsp3) is 0.214. The molecule has 2 aromatic rings. The third-order valence-electron chi connectivity index (χ3n) is 2.84. The van der Waals surface area contributed by atoms with E-state index in [4.69, 9.17) is 9.47 Å². The molecule has 1 aromatic carbocycles. The number of nitrogens with one attached hydrogen (secondary N) is 1. The Labute approximate surface area is 128 Å². The lowest BCUT2D eigenvalue weighted by atomic mass is 10.2. The topological polar surface area (TPSA) is 47.6 Å². The number of amides is 1. The number of benzene rings is 1. The van der Waals surface area contributed by atoms with Gasteiger partial charge < -0.3 is 14.8 Å². The van der Waals surface area contributed by atoms with Gasteiger partial charge in [0.2, 0.25) is 0 Å². The lowest BCUT2D eigenvalue weighted by Gasteiger charge is -2.10. The Morgan fingerprint density at radius 1 is 1.20 bits per heavy atom. The summed E-state index contributed by atoms with van der Waals surface area (Å²) in [5, 5.41) is 4.66. The number of thiophene rings is 1. The minimum absolute atomic E-state index is 0.138. The standard InChI is InChI=1S/C14H12BrNO3S/c15-13-6-9(8-20-13)14(17)16-10-2-3-11-12(7-10)19-5-1-4-18-11/h2-3,6-8H,1,4-5H2,(H,16,17). The lowest BCUT2D eigenvalue weighted by Crippen LogP contribution is -2.10. The predicted molar refractivity (Wildman–Crippen MR) is 82.0 cm³/mol. The molecule has 0 unspecified atom stereocenters. The molecule has 20 heavy (non-hydrogen) atoms. The van der Waals surface area contributed by atoms with Crippen molar-refractivity contribution in [1.82, 2.24) is 0 Å². The highest BCUT2D eigenvalue weighted by Gasteiger charge is 2.13. The van der Waals surface area contributed by atoms with Crippen molar-refractivity contribution in [2.45, 2.75) is 6.42 Å². The average Bonchev–Trinajstić information content (AvgIpc) is 2.74. The molecule has 4 nitrogen and oxygen atoms in total. The number of rotatable bonds is 2. The van der Waals surface area contributed by atoms with E-state index < -0.39 is 0 Å². The van der Waals surface area contributed by atoms with E-state index in [0.29, 0.717) is 30.2 Å². The van der Waals surface area contributed by atoms with Crippen LogP contribution in [-0.4, -0.2) is 19.1 Å². The second-order valence-corrected chi connectivity index (χ2v) is 6.60. The fourth-order valence-electron chi connectivity index (χ4n) is 1.87. The Balaban J connectivity index is 1.77. The molecule has 1 aromatic heterocycles. The molecule has 1 amide bonds. The van der Waals surface area contributed by atoms with Crippen LogP contribution in [0.25, 0.3) is 0 Å². The van der Waals surface area contributed by atoms with Crippen LogP contribution in [-0.2, 0) is 0 Å². The van der Waals surface area contributed by atoms with E-state index in [1.54, 1.807) is 12.1 Å². The number of fused-ring (bicyclic) bond motifs is 1. The Morgan fingerprint density at radius 2 is 2.00 bits per heavy atom. The monoisotopic (exact) mass is 353 g/mol. The minimum Gasteiger partial charge on any atom is -0.490 e. The van der Waals surface area contributed by atoms with Crippen molar-refractivity contribution in [1.29, 1.82) is 0 Å². The van der Waals surface area contributed by atoms with Crippen molar-refractivity contribution in [2.24, 2.45) is 0 Å². The molecule has 3 rings (SSSR count). The summed E-state index contributed by atoms with van der Waals surface area (Å²) in [7, 11) is 0. The molecule has 0 atom stereocenters. The zero-order valence-electron chi connectivity index (χ0n) is 10.5. The third kappa shape index (κ3) is 2.96. The molecule has 0 radical (unpaired) electrons. The van der Waals surface area contributed by atoms with Crippen molar-refractivity contribution in [3.63, 3.8) is 0 Å². The van der Waals surface area contributed by atoms with E-state index in [9.17, 15) is 4.79 Å². The van der Waals surface area contributed by atoms with Gasteiger partial charge in [0.1, 0.15) is 0 Å². The van der Waals surface area contributed by atoms with Gasteiger partial charge in [0.25, 0.3) is 5.91 Å². The maximum Gasteiger partial charge on any atom is 0.256 e. The first-order valence-corrected chi connectivity index (χ1v) is 7.85. The van der Waals surface area contributed by atoms with Crippen LogP contribution in [0, 0.1) is 0 Å². The highest BCUT2D eigenvalue weighted by atomic mass is 79.9. The largest absolute Gasteiger partial charge is 0.490 e. The van der Waals surface area contributed by atoms with Crippen LogP contribution in [0.5, 0.6) is 11.5 Å². The van der Waals surface area contributed by atoms with Gasteiger partial charge in [-0.15, -0.1) is 11.3 Å². The van der Waals surface area contributed by atoms with Crippen molar-refractivity contribution in [2.75, 3.05) is 18.5 Å². The second-order valence-electron chi connectivity index (χ2n) is 4.31. The Kier molecular flexibility index (Phi) is 3.93. The quantitative estimate of drug-likeness (QED) is 0.889. The molecule has 0 fully saturated rings. The molecule has 104 valence electrons. The molecule has 0 saturated carbocycles. The summed E-state index contributed by atoms with van der Waals surface area (Å²) in [4.78, 5) is 12.1. The van der Waals surface area contributed by atoms with Crippen molar-refractivity contribution >= 4 is 38.9 Å². The number of carbonyl (C=O) groups is 1. The molecule has 1 aliphatic heterocycles. The molecule has 0 saturated heterocycles. The van der Waals surface area contributed by atoms with Crippen LogP contribution in [0.3, 0.4) is 0 Å². The lowest BCUT2D eigenvalue weighted by molar-refractivity contribution is 0.102. The smallest absolute Gasteiger partial charge is 0.256 e. The van der Waals surface area contributed by atoms with Gasteiger partial charge in [-0.25, -0.2) is 0 Å². The number of carbonyl (C=O) groups excluding carboxylic acids is 1. The zero-order valence-corrected chi connectivity index (χ0v) is 12.9. The maximum atomic E-state index is 12.1. The van der Waals surface area contributed by atoms with E-state index in [0.717, 1.165) is 16.0 Å². The van der Waals surface area contributed by atoms with Gasteiger partial charge in [-0.1, -0.05) is 0 Å². The summed E-state index contributed by atoms with van der Waals surface area (Å²) in [6.07, 6.45) is 0.860. The minimum atomic E-state index is -0.138. The predicted octanol–water partition coefficient (Wildman–Crippen LogP) is 3.92. The summed E-state index contributed by atoms with van der Waals surface area (Å²) in [5.41, 5.74) is 1.33. The Morgan fingerprint density at radius 3 is 2.75 bits per heavy atom. The second kappa shape index (κ2) is 5.85. The van der Waals surface area contributed by atoms with Gasteiger partial charge in [-0.05, 0) is 34.1 Å². The molecule has 1 N–H and O–H groups in total. The van der Waals surface area contributed by atoms with Crippen LogP contribution in [0.1, 0.15) is 16.8 Å². The summed E-state index contributed by atoms with van der Waals surface area (Å²) < 4.78 is 12.1. The number of hydrogen-bond acceptors (Lipinski definition) is 4. The Bertz CT molecular complexity index is 641. The molecule has 0 aliphatic carbocycles. The van der Waals surface area contributed by atoms with Gasteiger partial charge in [0.15, 0.2) is 11.5 Å². The molecule has 0 spiro atoms. The van der Waals surface area contributed by atoms with E-state index in [1.807, 2.05) is 17.5 Å². The van der Waals surface area contributed by atoms with Crippen molar-refractivity contribution < 1.29 is 14.3 Å². The van der Waals surface area contributed by atoms with Gasteiger partial charge in [-0.3, -0.25) is 4.79 Å². The van der Waals surface area contributed by atoms with Crippen molar-refractivity contribution in [3.8, 4) is 11.5 Å². The first-order valence-electron chi connectivity index (χ1n) is 6.17. The van der Waals surface area contributed by atoms with E-state index >= 15 is 0 Å². The molecule has 2 heterocycles. The van der Waals surface area contributed by atoms with Gasteiger partial charge in [0.05, 0.1) is 22.6 Å². The summed E-state index contributed by atoms with van der Waals surface area (Å²) in [6, 6.07) is 7.22. The molecular formula is C14H12BrNO3S. The van der Waals surface area contributed by atoms with Crippen LogP contribution in [0.4, 0.5) is 5.69 Å². The van der Waals surface area contributed by atoms with Crippen molar-refractivity contribution in [3.05, 3.63) is 39.0 Å². The average molecular weight is 354 g/mol. The van der Waals surface area contributed by atoms with Gasteiger partial charge in [0, 0.05) is 23.6 Å². The van der Waals surface area contributed by atoms with Gasteiger partial charge >= 0.3 is 0 Å². The highest BCUT2D eigenvalue weighted by molar-refractivity contribution is 9.11. The van der Waals surface area contributed by atoms with Gasteiger partial charge in [-0.2, -0.15) is 0 Å². The first-order chi connectivity index (χ1) is 9.72. The van der Waals surface area contributed by atoms with Crippen LogP contribution in [0.15, 0.2) is 33.4 Å². The first kappa shape index (κ1) is 13.5. The maximum absolute atomic E-state index is 12.1. The summed E-state index contributed by atoms with van der Waals surface area (Å²) in [6.45, 7) is 1.28. The van der Waals surface area contributed by atoms with Crippen LogP contribution >= 0.6 is 27.3 Å². The Hall–Kier alpha value is -1.53. The summed E-state index contributed by atoms with van der Waals surface area (Å²) in [5.74, 6) is 1.26. The summed E-state index contributed by atoms with van der Waals surface area (Å²) >= 11 is 4.83. The van der Waals surface area contributed by atoms with E-state index in [1.165, 1.54) is 11.3 Å². The van der Waals surface area contributed by atoms with Crippen LogP contribution < -0.4 is 14.8 Å². The van der Waals surface area contributed by atoms with Crippen LogP contribution in [0.2, 0.25) is 0 Å². The highest BCUT2D eigenvalue weighted by Crippen LogP contribution is 2.32. The molecule has 0 bridgehead atoms.